The molecule has 0 bridgehead atoms. The molecular weight excluding hydrogens is 268 g/mol. The quantitative estimate of drug-likeness (QED) is 0.474. The van der Waals surface area contributed by atoms with Crippen LogP contribution in [0, 0.1) is 17.0 Å². The molecule has 19 heavy (non-hydrogen) atoms. The Labute approximate surface area is 116 Å². The van der Waals surface area contributed by atoms with E-state index in [0.717, 1.165) is 12.8 Å². The fourth-order valence-electron chi connectivity index (χ4n) is 2.08. The van der Waals surface area contributed by atoms with Crippen LogP contribution in [0.2, 0.25) is 0 Å². The van der Waals surface area contributed by atoms with Crippen LogP contribution in [0.3, 0.4) is 0 Å². The third-order valence-corrected chi connectivity index (χ3v) is 3.26. The molecular formula is C13H15ClN2O3. The summed E-state index contributed by atoms with van der Waals surface area (Å²) >= 11 is 5.71. The number of alkyl halides is 1. The van der Waals surface area contributed by atoms with Gasteiger partial charge in [0.25, 0.3) is 11.6 Å². The summed E-state index contributed by atoms with van der Waals surface area (Å²) in [4.78, 5) is 24.5. The topological polar surface area (TPSA) is 63.5 Å². The molecule has 0 aliphatic heterocycles. The summed E-state index contributed by atoms with van der Waals surface area (Å²) < 4.78 is 0. The highest BCUT2D eigenvalue weighted by Gasteiger charge is 2.33. The second-order valence-corrected chi connectivity index (χ2v) is 5.11. The third-order valence-electron chi connectivity index (χ3n) is 3.09. The number of rotatable bonds is 5. The molecule has 1 saturated carbocycles. The van der Waals surface area contributed by atoms with Crippen LogP contribution in [0.15, 0.2) is 18.2 Å². The third kappa shape index (κ3) is 3.23. The lowest BCUT2D eigenvalue weighted by molar-refractivity contribution is -0.384. The maximum Gasteiger partial charge on any atom is 0.270 e. The summed E-state index contributed by atoms with van der Waals surface area (Å²) in [7, 11) is 0. The van der Waals surface area contributed by atoms with Crippen LogP contribution in [-0.4, -0.2) is 34.2 Å². The first kappa shape index (κ1) is 13.8. The van der Waals surface area contributed by atoms with Gasteiger partial charge >= 0.3 is 0 Å². The molecule has 1 amide bonds. The molecule has 1 aliphatic carbocycles. The molecule has 0 heterocycles. The number of amides is 1. The van der Waals surface area contributed by atoms with Gasteiger partial charge in [0.15, 0.2) is 0 Å². The van der Waals surface area contributed by atoms with Crippen molar-refractivity contribution in [2.45, 2.75) is 25.8 Å². The van der Waals surface area contributed by atoms with Gasteiger partial charge in [-0.15, -0.1) is 11.6 Å². The van der Waals surface area contributed by atoms with Crippen molar-refractivity contribution in [2.24, 2.45) is 0 Å². The average Bonchev–Trinajstić information content (AvgIpc) is 3.18. The summed E-state index contributed by atoms with van der Waals surface area (Å²) in [5.74, 6) is 0.200. The van der Waals surface area contributed by atoms with Crippen LogP contribution < -0.4 is 0 Å². The molecule has 5 nitrogen and oxygen atoms in total. The maximum atomic E-state index is 12.4. The van der Waals surface area contributed by atoms with Gasteiger partial charge in [0.05, 0.1) is 4.92 Å². The van der Waals surface area contributed by atoms with Crippen molar-refractivity contribution in [3.8, 4) is 0 Å². The molecule has 0 atom stereocenters. The average molecular weight is 283 g/mol. The first-order valence-electron chi connectivity index (χ1n) is 6.16. The summed E-state index contributed by atoms with van der Waals surface area (Å²) in [6, 6.07) is 4.71. The largest absolute Gasteiger partial charge is 0.334 e. The van der Waals surface area contributed by atoms with Crippen molar-refractivity contribution in [1.82, 2.24) is 4.90 Å². The van der Waals surface area contributed by atoms with E-state index in [1.807, 2.05) is 0 Å². The van der Waals surface area contributed by atoms with Crippen LogP contribution in [0.4, 0.5) is 5.69 Å². The molecule has 0 spiro atoms. The summed E-state index contributed by atoms with van der Waals surface area (Å²) in [5, 5.41) is 10.8. The van der Waals surface area contributed by atoms with E-state index >= 15 is 0 Å². The minimum atomic E-state index is -0.479. The highest BCUT2D eigenvalue weighted by atomic mass is 35.5. The van der Waals surface area contributed by atoms with E-state index in [1.54, 1.807) is 17.9 Å². The van der Waals surface area contributed by atoms with Crippen molar-refractivity contribution < 1.29 is 9.72 Å². The minimum absolute atomic E-state index is 0.0510. The monoisotopic (exact) mass is 282 g/mol. The number of hydrogen-bond donors (Lipinski definition) is 0. The Hall–Kier alpha value is -1.62. The number of non-ortho nitro benzene ring substituents is 1. The minimum Gasteiger partial charge on any atom is -0.334 e. The van der Waals surface area contributed by atoms with Gasteiger partial charge in [-0.25, -0.2) is 0 Å². The van der Waals surface area contributed by atoms with Gasteiger partial charge in [-0.3, -0.25) is 14.9 Å². The lowest BCUT2D eigenvalue weighted by Crippen LogP contribution is -2.34. The predicted molar refractivity (Wildman–Crippen MR) is 72.6 cm³/mol. The fraction of sp³-hybridized carbons (Fsp3) is 0.462. The van der Waals surface area contributed by atoms with Crippen molar-refractivity contribution in [2.75, 3.05) is 12.4 Å². The number of nitrogens with zero attached hydrogens (tertiary/aromatic N) is 2. The van der Waals surface area contributed by atoms with Crippen LogP contribution in [0.25, 0.3) is 0 Å². The van der Waals surface area contributed by atoms with E-state index in [1.165, 1.54) is 12.1 Å². The normalized spacial score (nSPS) is 14.2. The molecule has 1 aromatic rings. The Kier molecular flexibility index (Phi) is 4.04. The molecule has 2 rings (SSSR count). The van der Waals surface area contributed by atoms with E-state index in [-0.39, 0.29) is 17.6 Å². The molecule has 1 aromatic carbocycles. The Bertz CT molecular complexity index is 515. The number of hydrogen-bond acceptors (Lipinski definition) is 3. The first-order valence-corrected chi connectivity index (χ1v) is 6.69. The van der Waals surface area contributed by atoms with Crippen molar-refractivity contribution in [3.05, 3.63) is 39.4 Å². The molecule has 102 valence electrons. The fourth-order valence-corrected chi connectivity index (χ4v) is 2.27. The molecule has 6 heteroatoms. The molecule has 0 radical (unpaired) electrons. The van der Waals surface area contributed by atoms with Gasteiger partial charge in [0.2, 0.25) is 0 Å². The van der Waals surface area contributed by atoms with Gasteiger partial charge in [-0.1, -0.05) is 0 Å². The number of nitro benzene ring substituents is 1. The Morgan fingerprint density at radius 3 is 2.68 bits per heavy atom. The molecule has 0 N–H and O–H groups in total. The first-order chi connectivity index (χ1) is 9.02. The predicted octanol–water partition coefficient (Wildman–Crippen LogP) is 2.75. The molecule has 0 unspecified atom stereocenters. The van der Waals surface area contributed by atoms with Crippen molar-refractivity contribution >= 4 is 23.2 Å². The zero-order valence-electron chi connectivity index (χ0n) is 10.6. The van der Waals surface area contributed by atoms with E-state index in [4.69, 9.17) is 11.6 Å². The van der Waals surface area contributed by atoms with Crippen molar-refractivity contribution in [1.29, 1.82) is 0 Å². The lowest BCUT2D eigenvalue weighted by Gasteiger charge is -2.21. The Morgan fingerprint density at radius 1 is 1.47 bits per heavy atom. The summed E-state index contributed by atoms with van der Waals surface area (Å²) in [5.41, 5.74) is 1.02. The van der Waals surface area contributed by atoms with Crippen molar-refractivity contribution in [3.63, 3.8) is 0 Å². The van der Waals surface area contributed by atoms with Gasteiger partial charge < -0.3 is 4.90 Å². The second kappa shape index (κ2) is 5.57. The van der Waals surface area contributed by atoms with Crippen LogP contribution in [0.1, 0.15) is 28.8 Å². The van der Waals surface area contributed by atoms with Gasteiger partial charge in [0, 0.05) is 36.2 Å². The van der Waals surface area contributed by atoms with Gasteiger partial charge in [-0.2, -0.15) is 0 Å². The molecule has 0 saturated heterocycles. The molecule has 1 fully saturated rings. The van der Waals surface area contributed by atoms with Crippen LogP contribution in [-0.2, 0) is 0 Å². The second-order valence-electron chi connectivity index (χ2n) is 4.73. The van der Waals surface area contributed by atoms with E-state index < -0.39 is 4.92 Å². The SMILES string of the molecule is Cc1cc(C(=O)N(CCCl)C2CC2)cc([N+](=O)[O-])c1. The highest BCUT2D eigenvalue weighted by molar-refractivity contribution is 6.18. The summed E-state index contributed by atoms with van der Waals surface area (Å²) in [6.45, 7) is 2.22. The number of benzene rings is 1. The van der Waals surface area contributed by atoms with Crippen LogP contribution >= 0.6 is 11.6 Å². The van der Waals surface area contributed by atoms with Crippen LogP contribution in [0.5, 0.6) is 0 Å². The smallest absolute Gasteiger partial charge is 0.270 e. The standard InChI is InChI=1S/C13H15ClN2O3/c1-9-6-10(8-12(7-9)16(18)19)13(17)15(5-4-14)11-2-3-11/h6-8,11H,2-5H2,1H3. The van der Waals surface area contributed by atoms with Gasteiger partial charge in [-0.05, 0) is 31.4 Å². The zero-order valence-corrected chi connectivity index (χ0v) is 11.4. The van der Waals surface area contributed by atoms with E-state index in [2.05, 4.69) is 0 Å². The maximum absolute atomic E-state index is 12.4. The van der Waals surface area contributed by atoms with E-state index in [0.29, 0.717) is 23.6 Å². The van der Waals surface area contributed by atoms with Gasteiger partial charge in [0.1, 0.15) is 0 Å². The number of aryl methyl sites for hydroxylation is 1. The highest BCUT2D eigenvalue weighted by Crippen LogP contribution is 2.29. The molecule has 1 aliphatic rings. The molecule has 0 aromatic heterocycles. The number of carbonyl (C=O) groups is 1. The van der Waals surface area contributed by atoms with E-state index in [9.17, 15) is 14.9 Å². The number of carbonyl (C=O) groups excluding carboxylic acids is 1. The Balaban J connectivity index is 2.28. The number of nitro groups is 1. The summed E-state index contributed by atoms with van der Waals surface area (Å²) in [6.07, 6.45) is 1.97. The lowest BCUT2D eigenvalue weighted by atomic mass is 10.1. The number of halogens is 1. The zero-order chi connectivity index (χ0) is 14.0. The Morgan fingerprint density at radius 2 is 2.16 bits per heavy atom.